The van der Waals surface area contributed by atoms with Crippen molar-refractivity contribution in [1.29, 1.82) is 0 Å². The Bertz CT molecular complexity index is 750. The van der Waals surface area contributed by atoms with Crippen LogP contribution in [0.2, 0.25) is 0 Å². The summed E-state index contributed by atoms with van der Waals surface area (Å²) in [5, 5.41) is 17.7. The third-order valence-corrected chi connectivity index (χ3v) is 3.30. The van der Waals surface area contributed by atoms with Crippen molar-refractivity contribution in [1.82, 2.24) is 0 Å². The molecule has 0 aliphatic carbocycles. The van der Waals surface area contributed by atoms with Crippen molar-refractivity contribution in [3.8, 4) is 5.75 Å². The smallest absolute Gasteiger partial charge is 0.341 e. The number of aliphatic carboxylic acids is 1. The van der Waals surface area contributed by atoms with Gasteiger partial charge in [-0.05, 0) is 41.5 Å². The predicted molar refractivity (Wildman–Crippen MR) is 88.8 cm³/mol. The summed E-state index contributed by atoms with van der Waals surface area (Å²) in [7, 11) is 0. The standard InChI is InChI=1S/C17H14O5S/c18-16(19)13-3-1-2-12(8-13)10-22-14-6-4-11(5-7-14)9-15(23)17(20)21/h1-9,23H,10H2,(H,18,19)(H,20,21). The first kappa shape index (κ1) is 16.6. The molecule has 0 atom stereocenters. The van der Waals surface area contributed by atoms with E-state index in [1.54, 1.807) is 42.5 Å². The van der Waals surface area contributed by atoms with E-state index in [0.717, 1.165) is 5.56 Å². The molecule has 0 aliphatic rings. The number of ether oxygens (including phenoxy) is 1. The second kappa shape index (κ2) is 7.51. The second-order valence-corrected chi connectivity index (χ2v) is 5.18. The predicted octanol–water partition coefficient (Wildman–Crippen LogP) is 3.32. The van der Waals surface area contributed by atoms with Crippen LogP contribution in [0.15, 0.2) is 53.4 Å². The third kappa shape index (κ3) is 4.89. The van der Waals surface area contributed by atoms with Gasteiger partial charge in [0.25, 0.3) is 0 Å². The molecule has 0 spiro atoms. The summed E-state index contributed by atoms with van der Waals surface area (Å²) in [6, 6.07) is 13.3. The van der Waals surface area contributed by atoms with Gasteiger partial charge < -0.3 is 14.9 Å². The van der Waals surface area contributed by atoms with Crippen LogP contribution < -0.4 is 4.74 Å². The maximum absolute atomic E-state index is 10.9. The summed E-state index contributed by atoms with van der Waals surface area (Å²) in [6.07, 6.45) is 1.44. The number of carboxylic acids is 2. The Balaban J connectivity index is 2.02. The molecule has 0 saturated heterocycles. The molecule has 6 heteroatoms. The van der Waals surface area contributed by atoms with Gasteiger partial charge in [-0.25, -0.2) is 9.59 Å². The van der Waals surface area contributed by atoms with Crippen molar-refractivity contribution in [2.24, 2.45) is 0 Å². The Labute approximate surface area is 138 Å². The number of thiol groups is 1. The Kier molecular flexibility index (Phi) is 5.43. The van der Waals surface area contributed by atoms with Crippen LogP contribution in [0.5, 0.6) is 5.75 Å². The fourth-order valence-corrected chi connectivity index (χ4v) is 1.99. The van der Waals surface area contributed by atoms with E-state index in [1.165, 1.54) is 12.1 Å². The van der Waals surface area contributed by atoms with Crippen LogP contribution in [0, 0.1) is 0 Å². The number of carbonyl (C=O) groups is 2. The van der Waals surface area contributed by atoms with Gasteiger partial charge in [-0.2, -0.15) is 0 Å². The number of rotatable bonds is 6. The molecule has 0 aliphatic heterocycles. The van der Waals surface area contributed by atoms with Gasteiger partial charge in [0.1, 0.15) is 12.4 Å². The van der Waals surface area contributed by atoms with E-state index in [4.69, 9.17) is 14.9 Å². The van der Waals surface area contributed by atoms with Crippen LogP contribution >= 0.6 is 12.6 Å². The van der Waals surface area contributed by atoms with E-state index in [1.807, 2.05) is 0 Å². The topological polar surface area (TPSA) is 83.8 Å². The van der Waals surface area contributed by atoms with Crippen LogP contribution in [-0.4, -0.2) is 22.2 Å². The Morgan fingerprint density at radius 3 is 2.39 bits per heavy atom. The highest BCUT2D eigenvalue weighted by atomic mass is 32.1. The molecular weight excluding hydrogens is 316 g/mol. The first-order valence-corrected chi connectivity index (χ1v) is 7.09. The number of carboxylic acid groups (broad SMARTS) is 2. The van der Waals surface area contributed by atoms with Gasteiger partial charge in [-0.1, -0.05) is 24.3 Å². The van der Waals surface area contributed by atoms with Crippen molar-refractivity contribution in [3.05, 3.63) is 70.1 Å². The molecule has 0 heterocycles. The number of aromatic carboxylic acids is 1. The first-order chi connectivity index (χ1) is 11.0. The van der Waals surface area contributed by atoms with Gasteiger partial charge >= 0.3 is 11.9 Å². The average Bonchev–Trinajstić information content (AvgIpc) is 2.54. The summed E-state index contributed by atoms with van der Waals surface area (Å²) >= 11 is 3.86. The molecular formula is C17H14O5S. The van der Waals surface area contributed by atoms with Crippen LogP contribution in [0.1, 0.15) is 21.5 Å². The minimum atomic E-state index is -1.09. The fourth-order valence-electron chi connectivity index (χ4n) is 1.84. The zero-order chi connectivity index (χ0) is 16.8. The van der Waals surface area contributed by atoms with Gasteiger partial charge in [0.2, 0.25) is 0 Å². The molecule has 2 N–H and O–H groups in total. The van der Waals surface area contributed by atoms with E-state index >= 15 is 0 Å². The van der Waals surface area contributed by atoms with Gasteiger partial charge in [-0.15, -0.1) is 12.6 Å². The highest BCUT2D eigenvalue weighted by Gasteiger charge is 2.04. The van der Waals surface area contributed by atoms with E-state index in [-0.39, 0.29) is 17.1 Å². The minimum absolute atomic E-state index is 0.0517. The lowest BCUT2D eigenvalue weighted by molar-refractivity contribution is -0.131. The first-order valence-electron chi connectivity index (χ1n) is 6.65. The van der Waals surface area contributed by atoms with Crippen LogP contribution in [0.4, 0.5) is 0 Å². The maximum Gasteiger partial charge on any atom is 0.341 e. The second-order valence-electron chi connectivity index (χ2n) is 4.70. The molecule has 2 rings (SSSR count). The lowest BCUT2D eigenvalue weighted by Crippen LogP contribution is -2.00. The summed E-state index contributed by atoms with van der Waals surface area (Å²) in [5.41, 5.74) is 1.65. The quantitative estimate of drug-likeness (QED) is 0.559. The summed E-state index contributed by atoms with van der Waals surface area (Å²) in [4.78, 5) is 21.5. The van der Waals surface area contributed by atoms with Gasteiger partial charge in [0, 0.05) is 0 Å². The van der Waals surface area contributed by atoms with E-state index in [9.17, 15) is 9.59 Å². The molecule has 23 heavy (non-hydrogen) atoms. The van der Waals surface area contributed by atoms with Crippen molar-refractivity contribution in [2.45, 2.75) is 6.61 Å². The van der Waals surface area contributed by atoms with E-state index in [2.05, 4.69) is 12.6 Å². The number of benzene rings is 2. The van der Waals surface area contributed by atoms with Crippen LogP contribution in [0.3, 0.4) is 0 Å². The molecule has 0 saturated carbocycles. The molecule has 0 radical (unpaired) electrons. The van der Waals surface area contributed by atoms with Gasteiger partial charge in [-0.3, -0.25) is 0 Å². The summed E-state index contributed by atoms with van der Waals surface area (Å²) in [6.45, 7) is 0.239. The van der Waals surface area contributed by atoms with E-state index < -0.39 is 11.9 Å². The Morgan fingerprint density at radius 1 is 1.09 bits per heavy atom. The molecule has 2 aromatic carbocycles. The average molecular weight is 330 g/mol. The highest BCUT2D eigenvalue weighted by Crippen LogP contribution is 2.17. The van der Waals surface area contributed by atoms with Crippen molar-refractivity contribution >= 4 is 30.6 Å². The Morgan fingerprint density at radius 2 is 1.78 bits per heavy atom. The maximum atomic E-state index is 10.9. The molecule has 0 amide bonds. The molecule has 2 aromatic rings. The number of hydrogen-bond donors (Lipinski definition) is 3. The largest absolute Gasteiger partial charge is 0.489 e. The van der Waals surface area contributed by atoms with Crippen molar-refractivity contribution < 1.29 is 24.5 Å². The molecule has 118 valence electrons. The fraction of sp³-hybridized carbons (Fsp3) is 0.0588. The molecule has 0 unspecified atom stereocenters. The lowest BCUT2D eigenvalue weighted by atomic mass is 10.1. The van der Waals surface area contributed by atoms with Crippen molar-refractivity contribution in [3.63, 3.8) is 0 Å². The third-order valence-electron chi connectivity index (χ3n) is 2.98. The minimum Gasteiger partial charge on any atom is -0.489 e. The van der Waals surface area contributed by atoms with Crippen molar-refractivity contribution in [2.75, 3.05) is 0 Å². The summed E-state index contributed by atoms with van der Waals surface area (Å²) in [5.74, 6) is -1.48. The lowest BCUT2D eigenvalue weighted by Gasteiger charge is -2.07. The number of hydrogen-bond acceptors (Lipinski definition) is 4. The van der Waals surface area contributed by atoms with Crippen LogP contribution in [-0.2, 0) is 11.4 Å². The molecule has 0 bridgehead atoms. The zero-order valence-corrected chi connectivity index (χ0v) is 12.9. The molecule has 5 nitrogen and oxygen atoms in total. The van der Waals surface area contributed by atoms with Gasteiger partial charge in [0.05, 0.1) is 10.5 Å². The highest BCUT2D eigenvalue weighted by molar-refractivity contribution is 7.85. The van der Waals surface area contributed by atoms with Crippen LogP contribution in [0.25, 0.3) is 6.08 Å². The monoisotopic (exact) mass is 330 g/mol. The normalized spacial score (nSPS) is 11.1. The Hall–Kier alpha value is -2.73. The SMILES string of the molecule is O=C(O)C(S)=Cc1ccc(OCc2cccc(C(=O)O)c2)cc1. The summed E-state index contributed by atoms with van der Waals surface area (Å²) < 4.78 is 5.59. The molecule has 0 fully saturated rings. The van der Waals surface area contributed by atoms with E-state index in [0.29, 0.717) is 11.3 Å². The molecule has 0 aromatic heterocycles. The van der Waals surface area contributed by atoms with Gasteiger partial charge in [0.15, 0.2) is 0 Å². The zero-order valence-electron chi connectivity index (χ0n) is 12.0.